The zero-order valence-electron chi connectivity index (χ0n) is 10.1. The van der Waals surface area contributed by atoms with E-state index in [4.69, 9.17) is 11.6 Å². The largest absolute Gasteiger partial charge is 0.464 e. The van der Waals surface area contributed by atoms with Crippen molar-refractivity contribution >= 4 is 17.6 Å². The Labute approximate surface area is 112 Å². The Hall–Kier alpha value is -1.95. The topological polar surface area (TPSA) is 55.0 Å². The summed E-state index contributed by atoms with van der Waals surface area (Å²) in [5.41, 5.74) is 0.434. The van der Waals surface area contributed by atoms with Crippen molar-refractivity contribution in [3.63, 3.8) is 0 Å². The number of imidazole rings is 1. The molecule has 0 aliphatic heterocycles. The molecule has 0 spiro atoms. The summed E-state index contributed by atoms with van der Waals surface area (Å²) in [6.45, 7) is 1.59. The molecule has 0 amide bonds. The van der Waals surface area contributed by atoms with E-state index >= 15 is 0 Å². The van der Waals surface area contributed by atoms with E-state index in [1.54, 1.807) is 6.92 Å². The zero-order chi connectivity index (χ0) is 14.2. The predicted octanol–water partition coefficient (Wildman–Crippen LogP) is 3.10. The number of aryl methyl sites for hydroxylation is 1. The van der Waals surface area contributed by atoms with E-state index in [1.807, 2.05) is 0 Å². The number of carbonyl (C=O) groups is 1. The van der Waals surface area contributed by atoms with Crippen molar-refractivity contribution < 1.29 is 18.3 Å². The third-order valence-corrected chi connectivity index (χ3v) is 2.82. The Balaban J connectivity index is 2.54. The summed E-state index contributed by atoms with van der Waals surface area (Å²) in [5, 5.41) is -0.231. The number of hydrogen-bond acceptors (Lipinski definition) is 3. The van der Waals surface area contributed by atoms with E-state index in [0.717, 1.165) is 6.07 Å². The molecule has 7 heteroatoms. The van der Waals surface area contributed by atoms with Gasteiger partial charge >= 0.3 is 5.97 Å². The molecule has 0 aliphatic rings. The quantitative estimate of drug-likeness (QED) is 0.682. The minimum absolute atomic E-state index is 0.0235. The maximum Gasteiger partial charge on any atom is 0.358 e. The molecule has 100 valence electrons. The second-order valence-electron chi connectivity index (χ2n) is 3.80. The predicted molar refractivity (Wildman–Crippen MR) is 65.0 cm³/mol. The molecule has 19 heavy (non-hydrogen) atoms. The lowest BCUT2D eigenvalue weighted by Crippen LogP contribution is -2.03. The van der Waals surface area contributed by atoms with E-state index in [9.17, 15) is 13.6 Å². The van der Waals surface area contributed by atoms with Gasteiger partial charge in [0, 0.05) is 11.8 Å². The van der Waals surface area contributed by atoms with Gasteiger partial charge in [-0.25, -0.2) is 18.6 Å². The standard InChI is InChI=1S/C12H9ClF2N2O2/c1-5-10(12(18)19-2)17-11(16-5)6-3-7(13)9(15)4-8(6)14/h3-4H,1-2H3,(H,16,17). The second kappa shape index (κ2) is 4.97. The number of methoxy groups -OCH3 is 1. The van der Waals surface area contributed by atoms with Crippen LogP contribution in [0.15, 0.2) is 12.1 Å². The van der Waals surface area contributed by atoms with Gasteiger partial charge in [0.2, 0.25) is 0 Å². The Morgan fingerprint density at radius 1 is 1.37 bits per heavy atom. The summed E-state index contributed by atoms with van der Waals surface area (Å²) in [7, 11) is 1.21. The number of carbonyl (C=O) groups excluding carboxylic acids is 1. The van der Waals surface area contributed by atoms with Crippen LogP contribution in [0.5, 0.6) is 0 Å². The fraction of sp³-hybridized carbons (Fsp3) is 0.167. The number of nitrogens with zero attached hydrogens (tertiary/aromatic N) is 1. The van der Waals surface area contributed by atoms with Crippen LogP contribution in [0, 0.1) is 18.6 Å². The van der Waals surface area contributed by atoms with E-state index in [-0.39, 0.29) is 22.1 Å². The Morgan fingerprint density at radius 3 is 2.68 bits per heavy atom. The van der Waals surface area contributed by atoms with Crippen molar-refractivity contribution in [2.45, 2.75) is 6.92 Å². The van der Waals surface area contributed by atoms with Gasteiger partial charge in [-0.2, -0.15) is 0 Å². The molecule has 1 heterocycles. The zero-order valence-corrected chi connectivity index (χ0v) is 10.8. The first-order valence-electron chi connectivity index (χ1n) is 5.24. The molecule has 0 radical (unpaired) electrons. The summed E-state index contributed by atoms with van der Waals surface area (Å²) in [6.07, 6.45) is 0. The lowest BCUT2D eigenvalue weighted by atomic mass is 10.2. The molecule has 0 fully saturated rings. The van der Waals surface area contributed by atoms with Crippen molar-refractivity contribution in [2.24, 2.45) is 0 Å². The Kier molecular flexibility index (Phi) is 3.53. The summed E-state index contributed by atoms with van der Waals surface area (Å²) >= 11 is 5.60. The molecule has 2 aromatic rings. The smallest absolute Gasteiger partial charge is 0.358 e. The third-order valence-electron chi connectivity index (χ3n) is 2.53. The van der Waals surface area contributed by atoms with Crippen molar-refractivity contribution in [1.29, 1.82) is 0 Å². The average Bonchev–Trinajstić information content (AvgIpc) is 2.75. The highest BCUT2D eigenvalue weighted by Crippen LogP contribution is 2.27. The van der Waals surface area contributed by atoms with Gasteiger partial charge in [0.15, 0.2) is 5.69 Å². The number of ether oxygens (including phenoxy) is 1. The van der Waals surface area contributed by atoms with Gasteiger partial charge in [-0.3, -0.25) is 0 Å². The number of halogens is 3. The SMILES string of the molecule is COC(=O)c1nc(-c2cc(Cl)c(F)cc2F)[nH]c1C. The minimum atomic E-state index is -0.862. The number of benzene rings is 1. The molecule has 0 bridgehead atoms. The Bertz CT molecular complexity index is 655. The number of esters is 1. The van der Waals surface area contributed by atoms with Crippen LogP contribution in [-0.4, -0.2) is 23.0 Å². The maximum atomic E-state index is 13.7. The van der Waals surface area contributed by atoms with Crippen LogP contribution in [-0.2, 0) is 4.74 Å². The highest BCUT2D eigenvalue weighted by Gasteiger charge is 2.19. The van der Waals surface area contributed by atoms with Gasteiger partial charge in [-0.1, -0.05) is 11.6 Å². The number of nitrogens with one attached hydrogen (secondary N) is 1. The molecular formula is C12H9ClF2N2O2. The van der Waals surface area contributed by atoms with Crippen LogP contribution in [0.25, 0.3) is 11.4 Å². The molecule has 1 N–H and O–H groups in total. The van der Waals surface area contributed by atoms with E-state index in [1.165, 1.54) is 7.11 Å². The van der Waals surface area contributed by atoms with Crippen molar-refractivity contribution in [3.05, 3.63) is 40.2 Å². The Morgan fingerprint density at radius 2 is 2.05 bits per heavy atom. The number of aromatic nitrogens is 2. The van der Waals surface area contributed by atoms with E-state index < -0.39 is 17.6 Å². The lowest BCUT2D eigenvalue weighted by Gasteiger charge is -2.01. The summed E-state index contributed by atoms with van der Waals surface area (Å²) in [6, 6.07) is 1.76. The van der Waals surface area contributed by atoms with Gasteiger partial charge in [-0.15, -0.1) is 0 Å². The molecule has 0 aliphatic carbocycles. The van der Waals surface area contributed by atoms with Crippen LogP contribution >= 0.6 is 11.6 Å². The van der Waals surface area contributed by atoms with Crippen LogP contribution in [0.4, 0.5) is 8.78 Å². The summed E-state index contributed by atoms with van der Waals surface area (Å²) < 4.78 is 31.3. The second-order valence-corrected chi connectivity index (χ2v) is 4.20. The minimum Gasteiger partial charge on any atom is -0.464 e. The van der Waals surface area contributed by atoms with Gasteiger partial charge in [0.1, 0.15) is 17.5 Å². The molecule has 0 saturated carbocycles. The fourth-order valence-electron chi connectivity index (χ4n) is 1.59. The van der Waals surface area contributed by atoms with Gasteiger partial charge in [-0.05, 0) is 13.0 Å². The monoisotopic (exact) mass is 286 g/mol. The first-order valence-corrected chi connectivity index (χ1v) is 5.61. The van der Waals surface area contributed by atoms with Crippen LogP contribution in [0.2, 0.25) is 5.02 Å². The van der Waals surface area contributed by atoms with Crippen LogP contribution in [0.3, 0.4) is 0 Å². The van der Waals surface area contributed by atoms with E-state index in [0.29, 0.717) is 11.8 Å². The third kappa shape index (κ3) is 2.44. The van der Waals surface area contributed by atoms with Crippen molar-refractivity contribution in [1.82, 2.24) is 9.97 Å². The van der Waals surface area contributed by atoms with Gasteiger partial charge in [0.05, 0.1) is 17.7 Å². The van der Waals surface area contributed by atoms with E-state index in [2.05, 4.69) is 14.7 Å². The highest BCUT2D eigenvalue weighted by molar-refractivity contribution is 6.31. The number of H-pyrrole nitrogens is 1. The lowest BCUT2D eigenvalue weighted by molar-refractivity contribution is 0.0594. The number of rotatable bonds is 2. The molecule has 1 aromatic heterocycles. The van der Waals surface area contributed by atoms with Crippen molar-refractivity contribution in [3.8, 4) is 11.4 Å². The van der Waals surface area contributed by atoms with Crippen molar-refractivity contribution in [2.75, 3.05) is 7.11 Å². The molecule has 0 saturated heterocycles. The normalized spacial score (nSPS) is 10.6. The molecule has 0 unspecified atom stereocenters. The van der Waals surface area contributed by atoms with Crippen LogP contribution < -0.4 is 0 Å². The summed E-state index contributed by atoms with van der Waals surface area (Å²) in [4.78, 5) is 18.1. The maximum absolute atomic E-state index is 13.7. The molecule has 4 nitrogen and oxygen atoms in total. The average molecular weight is 287 g/mol. The molecule has 0 atom stereocenters. The van der Waals surface area contributed by atoms with Gasteiger partial charge in [0.25, 0.3) is 0 Å². The first-order chi connectivity index (χ1) is 8.93. The summed E-state index contributed by atoms with van der Waals surface area (Å²) in [5.74, 6) is -2.25. The first kappa shape index (κ1) is 13.5. The fourth-order valence-corrected chi connectivity index (χ4v) is 1.75. The van der Waals surface area contributed by atoms with Crippen LogP contribution in [0.1, 0.15) is 16.2 Å². The number of aromatic amines is 1. The van der Waals surface area contributed by atoms with Gasteiger partial charge < -0.3 is 9.72 Å². The highest BCUT2D eigenvalue weighted by atomic mass is 35.5. The molecule has 2 rings (SSSR count). The number of hydrogen-bond donors (Lipinski definition) is 1. The molecular weight excluding hydrogens is 278 g/mol. The molecule has 1 aromatic carbocycles.